The van der Waals surface area contributed by atoms with Gasteiger partial charge in [-0.25, -0.2) is 4.68 Å². The number of carbonyl (C=O) groups is 1. The second-order valence-electron chi connectivity index (χ2n) is 10.1. The number of hydrogen-bond donors (Lipinski definition) is 2. The molecule has 236 valence electrons. The Morgan fingerprint density at radius 3 is 2.53 bits per heavy atom. The summed E-state index contributed by atoms with van der Waals surface area (Å²) in [4.78, 5) is 19.0. The molecular formula is C33H35BrClN5O4S. The molecule has 0 aliphatic carbocycles. The summed E-state index contributed by atoms with van der Waals surface area (Å²) >= 11 is 11.6. The summed E-state index contributed by atoms with van der Waals surface area (Å²) in [6.45, 7) is 9.19. The van der Waals surface area contributed by atoms with Gasteiger partial charge in [0.25, 0.3) is 5.91 Å². The fraction of sp³-hybridized carbons (Fsp3) is 0.303. The van der Waals surface area contributed by atoms with Crippen LogP contribution in [0.3, 0.4) is 0 Å². The molecule has 0 radical (unpaired) electrons. The zero-order valence-corrected chi connectivity index (χ0v) is 28.7. The number of thioether (sulfide) groups is 1. The monoisotopic (exact) mass is 711 g/mol. The van der Waals surface area contributed by atoms with Gasteiger partial charge in [-0.2, -0.15) is 4.98 Å². The number of hydrogen-bond acceptors (Lipinski definition) is 8. The number of aromatic nitrogens is 3. The highest BCUT2D eigenvalue weighted by Crippen LogP contribution is 2.44. The zero-order valence-electron chi connectivity index (χ0n) is 25.5. The van der Waals surface area contributed by atoms with Gasteiger partial charge in [-0.15, -0.1) is 5.10 Å². The third kappa shape index (κ3) is 7.43. The maximum Gasteiger partial charge on any atom is 0.255 e. The van der Waals surface area contributed by atoms with Crippen molar-refractivity contribution in [2.45, 2.75) is 51.1 Å². The number of anilines is 2. The maximum atomic E-state index is 14.2. The van der Waals surface area contributed by atoms with Crippen molar-refractivity contribution in [3.63, 3.8) is 0 Å². The highest BCUT2D eigenvalue weighted by molar-refractivity contribution is 9.10. The van der Waals surface area contributed by atoms with Crippen molar-refractivity contribution in [1.82, 2.24) is 14.8 Å². The smallest absolute Gasteiger partial charge is 0.255 e. The molecule has 12 heteroatoms. The van der Waals surface area contributed by atoms with E-state index in [9.17, 15) is 4.79 Å². The van der Waals surface area contributed by atoms with E-state index in [1.54, 1.807) is 4.68 Å². The van der Waals surface area contributed by atoms with Gasteiger partial charge in [0, 0.05) is 16.5 Å². The fourth-order valence-corrected chi connectivity index (χ4v) is 6.64. The number of para-hydroxylation sites is 2. The second-order valence-corrected chi connectivity index (χ2v) is 12.3. The summed E-state index contributed by atoms with van der Waals surface area (Å²) in [6.07, 6.45) is 0.848. The third-order valence-electron chi connectivity index (χ3n) is 6.93. The van der Waals surface area contributed by atoms with Crippen LogP contribution in [0.2, 0.25) is 5.02 Å². The third-order valence-corrected chi connectivity index (χ3v) is 8.77. The molecule has 2 N–H and O–H groups in total. The molecule has 1 amide bonds. The van der Waals surface area contributed by atoms with Crippen LogP contribution in [0, 0.1) is 0 Å². The number of nitrogens with one attached hydrogen (secondary N) is 2. The van der Waals surface area contributed by atoms with Crippen LogP contribution in [0.5, 0.6) is 17.2 Å². The lowest BCUT2D eigenvalue weighted by molar-refractivity contribution is -0.113. The molecule has 2 heterocycles. The average molecular weight is 713 g/mol. The van der Waals surface area contributed by atoms with Gasteiger partial charge in [0.2, 0.25) is 11.1 Å². The number of allylic oxidation sites excluding steroid dienone is 1. The van der Waals surface area contributed by atoms with Crippen molar-refractivity contribution >= 4 is 56.8 Å². The molecule has 1 unspecified atom stereocenters. The van der Waals surface area contributed by atoms with Crippen LogP contribution in [0.25, 0.3) is 0 Å². The number of carbonyl (C=O) groups excluding carboxylic acids is 1. The van der Waals surface area contributed by atoms with Gasteiger partial charge >= 0.3 is 0 Å². The van der Waals surface area contributed by atoms with E-state index in [0.29, 0.717) is 80.4 Å². The first-order valence-corrected chi connectivity index (χ1v) is 16.9. The molecule has 0 saturated carbocycles. The lowest BCUT2D eigenvalue weighted by Gasteiger charge is -2.29. The molecule has 9 nitrogen and oxygen atoms in total. The van der Waals surface area contributed by atoms with E-state index in [-0.39, 0.29) is 5.91 Å². The van der Waals surface area contributed by atoms with Gasteiger partial charge in [0.1, 0.15) is 11.8 Å². The predicted octanol–water partition coefficient (Wildman–Crippen LogP) is 8.50. The molecular weight excluding hydrogens is 678 g/mol. The molecule has 45 heavy (non-hydrogen) atoms. The van der Waals surface area contributed by atoms with Crippen molar-refractivity contribution in [3.8, 4) is 17.2 Å². The quantitative estimate of drug-likeness (QED) is 0.133. The zero-order chi connectivity index (χ0) is 31.9. The summed E-state index contributed by atoms with van der Waals surface area (Å²) in [7, 11) is 0. The van der Waals surface area contributed by atoms with Crippen LogP contribution in [0.1, 0.15) is 51.3 Å². The molecule has 0 bridgehead atoms. The van der Waals surface area contributed by atoms with E-state index in [4.69, 9.17) is 35.9 Å². The van der Waals surface area contributed by atoms with Gasteiger partial charge in [-0.1, -0.05) is 60.6 Å². The van der Waals surface area contributed by atoms with Gasteiger partial charge in [0.05, 0.1) is 35.6 Å². The Labute approximate surface area is 280 Å². The number of fused-ring (bicyclic) bond motifs is 1. The highest BCUT2D eigenvalue weighted by Gasteiger charge is 2.36. The summed E-state index contributed by atoms with van der Waals surface area (Å²) in [6, 6.07) is 18.3. The minimum Gasteiger partial charge on any atom is -0.492 e. The highest BCUT2D eigenvalue weighted by atomic mass is 79.9. The number of ether oxygens (including phenoxy) is 3. The first-order valence-electron chi connectivity index (χ1n) is 14.8. The summed E-state index contributed by atoms with van der Waals surface area (Å²) < 4.78 is 20.3. The largest absolute Gasteiger partial charge is 0.492 e. The van der Waals surface area contributed by atoms with E-state index < -0.39 is 6.04 Å². The van der Waals surface area contributed by atoms with E-state index >= 15 is 0 Å². The van der Waals surface area contributed by atoms with E-state index in [1.165, 1.54) is 11.8 Å². The molecule has 5 rings (SSSR count). The molecule has 1 aliphatic heterocycles. The van der Waals surface area contributed by atoms with Crippen molar-refractivity contribution in [2.24, 2.45) is 0 Å². The predicted molar refractivity (Wildman–Crippen MR) is 183 cm³/mol. The second kappa shape index (κ2) is 15.1. The van der Waals surface area contributed by atoms with Crippen LogP contribution in [-0.2, 0) is 10.5 Å². The molecule has 1 atom stereocenters. The Hall–Kier alpha value is -3.67. The number of benzene rings is 3. The molecule has 0 fully saturated rings. The molecule has 3 aromatic carbocycles. The van der Waals surface area contributed by atoms with Crippen molar-refractivity contribution in [2.75, 3.05) is 30.5 Å². The van der Waals surface area contributed by atoms with Crippen LogP contribution in [-0.4, -0.2) is 40.5 Å². The number of amides is 1. The lowest BCUT2D eigenvalue weighted by Crippen LogP contribution is -2.31. The summed E-state index contributed by atoms with van der Waals surface area (Å²) in [5, 5.41) is 12.5. The van der Waals surface area contributed by atoms with Gasteiger partial charge in [-0.3, -0.25) is 4.79 Å². The molecule has 4 aromatic rings. The number of rotatable bonds is 13. The molecule has 1 aliphatic rings. The van der Waals surface area contributed by atoms with Gasteiger partial charge in [0.15, 0.2) is 11.5 Å². The van der Waals surface area contributed by atoms with Crippen molar-refractivity contribution < 1.29 is 19.0 Å². The van der Waals surface area contributed by atoms with Crippen molar-refractivity contribution in [1.29, 1.82) is 0 Å². The van der Waals surface area contributed by atoms with E-state index in [1.807, 2.05) is 88.4 Å². The standard InChI is InChI=1S/C33H35BrClN5O4S/c1-5-16-44-30-23(34)17-22(18-27(30)43-7-3)29-28(31(41)37-25-14-10-11-15-26(25)42-6-2)20(4)36-32-38-33(39-40(29)32)45-19-21-12-8-9-13-24(21)35/h8-15,17-18,29H,5-7,16,19H2,1-4H3,(H,37,41)(H,36,38,39). The number of halogens is 2. The van der Waals surface area contributed by atoms with Crippen LogP contribution in [0.4, 0.5) is 11.6 Å². The Bertz CT molecular complexity index is 1710. The van der Waals surface area contributed by atoms with E-state index in [2.05, 4.69) is 26.6 Å². The first-order chi connectivity index (χ1) is 21.8. The first kappa shape index (κ1) is 32.7. The molecule has 1 aromatic heterocycles. The lowest BCUT2D eigenvalue weighted by atomic mass is 9.94. The Morgan fingerprint density at radius 1 is 1.04 bits per heavy atom. The normalized spacial score (nSPS) is 14.0. The number of nitrogens with zero attached hydrogens (tertiary/aromatic N) is 3. The minimum atomic E-state index is -0.640. The summed E-state index contributed by atoms with van der Waals surface area (Å²) in [5.41, 5.74) is 3.44. The Morgan fingerprint density at radius 2 is 1.78 bits per heavy atom. The SMILES string of the molecule is CCCOc1c(Br)cc(C2C(C(=O)Nc3ccccc3OCC)=C(C)Nc3nc(SCc4ccccc4Cl)nn32)cc1OCC. The summed E-state index contributed by atoms with van der Waals surface area (Å²) in [5.74, 6) is 2.58. The minimum absolute atomic E-state index is 0.302. The molecule has 0 spiro atoms. The van der Waals surface area contributed by atoms with Crippen molar-refractivity contribution in [3.05, 3.63) is 92.6 Å². The topological polar surface area (TPSA) is 99.5 Å². The van der Waals surface area contributed by atoms with Crippen LogP contribution in [0.15, 0.2) is 81.6 Å². The molecule has 0 saturated heterocycles. The van der Waals surface area contributed by atoms with Crippen LogP contribution < -0.4 is 24.8 Å². The Balaban J connectivity index is 1.58. The van der Waals surface area contributed by atoms with Gasteiger partial charge < -0.3 is 24.8 Å². The maximum absolute atomic E-state index is 14.2. The van der Waals surface area contributed by atoms with Crippen LogP contribution >= 0.6 is 39.3 Å². The Kier molecular flexibility index (Phi) is 11.0. The van der Waals surface area contributed by atoms with Gasteiger partial charge in [-0.05, 0) is 84.6 Å². The van der Waals surface area contributed by atoms with E-state index in [0.717, 1.165) is 17.5 Å². The average Bonchev–Trinajstić information content (AvgIpc) is 3.43. The fourth-order valence-electron chi connectivity index (χ4n) is 4.95.